The Hall–Kier alpha value is -1.85. The number of carbonyl (C=O) groups is 2. The van der Waals surface area contributed by atoms with E-state index in [1.54, 1.807) is 29.0 Å². The zero-order chi connectivity index (χ0) is 14.0. The summed E-state index contributed by atoms with van der Waals surface area (Å²) in [6.45, 7) is 2.74. The minimum absolute atomic E-state index is 0.181. The van der Waals surface area contributed by atoms with Crippen molar-refractivity contribution in [2.45, 2.75) is 26.2 Å². The molecule has 0 aliphatic carbocycles. The van der Waals surface area contributed by atoms with Gasteiger partial charge in [-0.2, -0.15) is 0 Å². The Labute approximate surface area is 112 Å². The molecular weight excluding hydrogens is 246 g/mol. The molecule has 1 saturated heterocycles. The van der Waals surface area contributed by atoms with Crippen molar-refractivity contribution >= 4 is 11.9 Å². The minimum Gasteiger partial charge on any atom is -0.481 e. The van der Waals surface area contributed by atoms with Crippen LogP contribution in [0.25, 0.3) is 0 Å². The van der Waals surface area contributed by atoms with Crippen LogP contribution in [-0.4, -0.2) is 44.5 Å². The van der Waals surface area contributed by atoms with Crippen LogP contribution in [0, 0.1) is 5.41 Å². The summed E-state index contributed by atoms with van der Waals surface area (Å²) in [6, 6.07) is 0. The number of amides is 1. The first kappa shape index (κ1) is 13.6. The number of hydrogen-bond donors (Lipinski definition) is 1. The molecule has 0 aromatic carbocycles. The van der Waals surface area contributed by atoms with Gasteiger partial charge in [0.2, 0.25) is 0 Å². The largest absolute Gasteiger partial charge is 0.481 e. The van der Waals surface area contributed by atoms with Gasteiger partial charge in [0, 0.05) is 26.3 Å². The quantitative estimate of drug-likeness (QED) is 0.885. The lowest BCUT2D eigenvalue weighted by Gasteiger charge is -2.23. The van der Waals surface area contributed by atoms with E-state index in [1.807, 2.05) is 6.92 Å². The summed E-state index contributed by atoms with van der Waals surface area (Å²) in [5.74, 6) is -0.981. The van der Waals surface area contributed by atoms with Gasteiger partial charge in [0.1, 0.15) is 5.69 Å². The average molecular weight is 265 g/mol. The Morgan fingerprint density at radius 3 is 2.79 bits per heavy atom. The average Bonchev–Trinajstić information content (AvgIpc) is 2.96. The number of aromatic nitrogens is 2. The van der Waals surface area contributed by atoms with Crippen molar-refractivity contribution in [3.63, 3.8) is 0 Å². The summed E-state index contributed by atoms with van der Waals surface area (Å²) >= 11 is 0. The Balaban J connectivity index is 2.13. The first-order valence-electron chi connectivity index (χ1n) is 6.49. The fourth-order valence-corrected chi connectivity index (χ4v) is 2.70. The first-order valence-corrected chi connectivity index (χ1v) is 6.49. The van der Waals surface area contributed by atoms with E-state index in [9.17, 15) is 14.7 Å². The molecule has 1 aromatic heterocycles. The number of carbonyl (C=O) groups excluding carboxylic acids is 1. The van der Waals surface area contributed by atoms with Gasteiger partial charge in [-0.3, -0.25) is 9.59 Å². The van der Waals surface area contributed by atoms with Gasteiger partial charge in [-0.1, -0.05) is 13.3 Å². The summed E-state index contributed by atoms with van der Waals surface area (Å²) in [6.07, 6.45) is 5.16. The Morgan fingerprint density at radius 1 is 1.53 bits per heavy atom. The topological polar surface area (TPSA) is 75.4 Å². The molecule has 1 aliphatic rings. The van der Waals surface area contributed by atoms with Gasteiger partial charge in [0.15, 0.2) is 0 Å². The van der Waals surface area contributed by atoms with E-state index >= 15 is 0 Å². The first-order chi connectivity index (χ1) is 8.98. The highest BCUT2D eigenvalue weighted by Gasteiger charge is 2.45. The van der Waals surface area contributed by atoms with E-state index in [4.69, 9.17) is 0 Å². The summed E-state index contributed by atoms with van der Waals surface area (Å²) in [4.78, 5) is 29.3. The number of hydrogen-bond acceptors (Lipinski definition) is 3. The van der Waals surface area contributed by atoms with Crippen LogP contribution in [0.3, 0.4) is 0 Å². The monoisotopic (exact) mass is 265 g/mol. The third kappa shape index (κ3) is 2.47. The SMILES string of the molecule is CCCC1(C(=O)O)CCN(C(=O)c2cn(C)cn2)C1. The van der Waals surface area contributed by atoms with Crippen molar-refractivity contribution in [3.8, 4) is 0 Å². The van der Waals surface area contributed by atoms with E-state index in [0.717, 1.165) is 6.42 Å². The summed E-state index contributed by atoms with van der Waals surface area (Å²) < 4.78 is 1.71. The predicted octanol–water partition coefficient (Wildman–Crippen LogP) is 1.14. The molecule has 104 valence electrons. The molecule has 2 rings (SSSR count). The smallest absolute Gasteiger partial charge is 0.311 e. The number of carboxylic acid groups (broad SMARTS) is 1. The molecule has 0 bridgehead atoms. The lowest BCUT2D eigenvalue weighted by Crippen LogP contribution is -2.37. The van der Waals surface area contributed by atoms with Gasteiger partial charge in [-0.25, -0.2) is 4.98 Å². The van der Waals surface area contributed by atoms with Gasteiger partial charge in [0.05, 0.1) is 11.7 Å². The highest BCUT2D eigenvalue weighted by atomic mass is 16.4. The van der Waals surface area contributed by atoms with Gasteiger partial charge in [-0.15, -0.1) is 0 Å². The Kier molecular flexibility index (Phi) is 3.59. The molecule has 1 fully saturated rings. The highest BCUT2D eigenvalue weighted by Crippen LogP contribution is 2.36. The number of aryl methyl sites for hydroxylation is 1. The van der Waals surface area contributed by atoms with E-state index in [2.05, 4.69) is 4.98 Å². The second-order valence-corrected chi connectivity index (χ2v) is 5.24. The number of likely N-dealkylation sites (tertiary alicyclic amines) is 1. The lowest BCUT2D eigenvalue weighted by atomic mass is 9.83. The second kappa shape index (κ2) is 5.03. The minimum atomic E-state index is -0.800. The molecule has 0 saturated carbocycles. The molecule has 6 heteroatoms. The number of imidazole rings is 1. The highest BCUT2D eigenvalue weighted by molar-refractivity contribution is 5.93. The van der Waals surface area contributed by atoms with Crippen molar-refractivity contribution in [1.82, 2.24) is 14.5 Å². The molecule has 1 aliphatic heterocycles. The van der Waals surface area contributed by atoms with Gasteiger partial charge in [-0.05, 0) is 12.8 Å². The Morgan fingerprint density at radius 2 is 2.26 bits per heavy atom. The maximum atomic E-state index is 12.2. The summed E-state index contributed by atoms with van der Waals surface area (Å²) in [5, 5.41) is 9.41. The maximum Gasteiger partial charge on any atom is 0.311 e. The number of rotatable bonds is 4. The van der Waals surface area contributed by atoms with Crippen molar-refractivity contribution in [2.24, 2.45) is 12.5 Å². The molecule has 2 heterocycles. The number of carboxylic acids is 1. The van der Waals surface area contributed by atoms with Crippen molar-refractivity contribution in [2.75, 3.05) is 13.1 Å². The fraction of sp³-hybridized carbons (Fsp3) is 0.615. The maximum absolute atomic E-state index is 12.2. The van der Waals surface area contributed by atoms with E-state index in [1.165, 1.54) is 0 Å². The van der Waals surface area contributed by atoms with Crippen LogP contribution >= 0.6 is 0 Å². The summed E-state index contributed by atoms with van der Waals surface area (Å²) in [7, 11) is 1.80. The van der Waals surface area contributed by atoms with Crippen LogP contribution in [0.2, 0.25) is 0 Å². The zero-order valence-electron chi connectivity index (χ0n) is 11.3. The molecular formula is C13H19N3O3. The van der Waals surface area contributed by atoms with E-state index in [0.29, 0.717) is 25.1 Å². The van der Waals surface area contributed by atoms with Crippen LogP contribution in [0.1, 0.15) is 36.7 Å². The van der Waals surface area contributed by atoms with Crippen LogP contribution in [0.15, 0.2) is 12.5 Å². The van der Waals surface area contributed by atoms with Gasteiger partial charge in [0.25, 0.3) is 5.91 Å². The molecule has 0 radical (unpaired) electrons. The normalized spacial score (nSPS) is 22.7. The molecule has 1 unspecified atom stereocenters. The van der Waals surface area contributed by atoms with Gasteiger partial charge < -0.3 is 14.6 Å². The second-order valence-electron chi connectivity index (χ2n) is 5.24. The molecule has 1 atom stereocenters. The third-order valence-corrected chi connectivity index (χ3v) is 3.75. The lowest BCUT2D eigenvalue weighted by molar-refractivity contribution is -0.148. The van der Waals surface area contributed by atoms with Crippen molar-refractivity contribution < 1.29 is 14.7 Å². The third-order valence-electron chi connectivity index (χ3n) is 3.75. The summed E-state index contributed by atoms with van der Waals surface area (Å²) in [5.41, 5.74) is -0.403. The van der Waals surface area contributed by atoms with Crippen LogP contribution < -0.4 is 0 Å². The zero-order valence-corrected chi connectivity index (χ0v) is 11.3. The van der Waals surface area contributed by atoms with E-state index < -0.39 is 11.4 Å². The molecule has 0 spiro atoms. The Bertz CT molecular complexity index is 497. The van der Waals surface area contributed by atoms with Crippen LogP contribution in [-0.2, 0) is 11.8 Å². The molecule has 1 amide bonds. The van der Waals surface area contributed by atoms with E-state index in [-0.39, 0.29) is 12.5 Å². The van der Waals surface area contributed by atoms with Crippen LogP contribution in [0.5, 0.6) is 0 Å². The molecule has 1 N–H and O–H groups in total. The van der Waals surface area contributed by atoms with Crippen molar-refractivity contribution in [3.05, 3.63) is 18.2 Å². The predicted molar refractivity (Wildman–Crippen MR) is 68.7 cm³/mol. The number of nitrogens with zero attached hydrogens (tertiary/aromatic N) is 3. The molecule has 1 aromatic rings. The standard InChI is InChI=1S/C13H19N3O3/c1-3-4-13(12(18)19)5-6-16(8-13)11(17)10-7-15(2)9-14-10/h7,9H,3-6,8H2,1-2H3,(H,18,19). The molecule has 19 heavy (non-hydrogen) atoms. The number of aliphatic carboxylic acids is 1. The van der Waals surface area contributed by atoms with Crippen LogP contribution in [0.4, 0.5) is 0 Å². The van der Waals surface area contributed by atoms with Gasteiger partial charge >= 0.3 is 5.97 Å². The fourth-order valence-electron chi connectivity index (χ4n) is 2.70. The van der Waals surface area contributed by atoms with Crippen molar-refractivity contribution in [1.29, 1.82) is 0 Å². The molecule has 6 nitrogen and oxygen atoms in total.